The van der Waals surface area contributed by atoms with Gasteiger partial charge < -0.3 is 5.11 Å². The third-order valence-corrected chi connectivity index (χ3v) is 4.26. The maximum absolute atomic E-state index is 9.65. The molecular weight excluding hydrogens is 174 g/mol. The van der Waals surface area contributed by atoms with Crippen LogP contribution in [0.3, 0.4) is 0 Å². The highest BCUT2D eigenvalue weighted by Gasteiger charge is 2.37. The number of rotatable bonds is 2. The van der Waals surface area contributed by atoms with Crippen molar-refractivity contribution in [2.24, 2.45) is 5.92 Å². The summed E-state index contributed by atoms with van der Waals surface area (Å²) in [5.41, 5.74) is 0. The fraction of sp³-hybridized carbons (Fsp3) is 1.00. The topological polar surface area (TPSA) is 23.5 Å². The average molecular weight is 197 g/mol. The number of hydrogen-bond donors (Lipinski definition) is 1. The molecule has 1 heterocycles. The van der Waals surface area contributed by atoms with Crippen molar-refractivity contribution in [1.82, 2.24) is 4.90 Å². The predicted octanol–water partition coefficient (Wildman–Crippen LogP) is 2.02. The van der Waals surface area contributed by atoms with Crippen LogP contribution in [0.2, 0.25) is 0 Å². The van der Waals surface area contributed by atoms with E-state index in [0.29, 0.717) is 6.04 Å². The second-order valence-electron chi connectivity index (χ2n) is 5.12. The number of aliphatic hydroxyl groups is 1. The minimum Gasteiger partial charge on any atom is -0.392 e. The van der Waals surface area contributed by atoms with Crippen LogP contribution < -0.4 is 0 Å². The Hall–Kier alpha value is -0.0800. The lowest BCUT2D eigenvalue weighted by Crippen LogP contribution is -2.50. The van der Waals surface area contributed by atoms with Crippen LogP contribution >= 0.6 is 0 Å². The molecule has 0 aromatic carbocycles. The van der Waals surface area contributed by atoms with Gasteiger partial charge in [-0.05, 0) is 52.0 Å². The minimum absolute atomic E-state index is 0.186. The lowest BCUT2D eigenvalue weighted by molar-refractivity contribution is 0.0108. The molecule has 4 atom stereocenters. The first-order valence-corrected chi connectivity index (χ1v) is 6.14. The quantitative estimate of drug-likeness (QED) is 0.732. The molecular formula is C12H23NO. The molecule has 0 aromatic heterocycles. The summed E-state index contributed by atoms with van der Waals surface area (Å²) in [6, 6.07) is 1.13. The zero-order valence-electron chi connectivity index (χ0n) is 9.45. The maximum atomic E-state index is 9.65. The second-order valence-corrected chi connectivity index (χ2v) is 5.12. The van der Waals surface area contributed by atoms with Crippen molar-refractivity contribution in [1.29, 1.82) is 0 Å². The average Bonchev–Trinajstić information content (AvgIpc) is 2.63. The molecule has 4 unspecified atom stereocenters. The minimum atomic E-state index is -0.186. The van der Waals surface area contributed by atoms with Crippen LogP contribution in [0.1, 0.15) is 46.0 Å². The highest BCUT2D eigenvalue weighted by atomic mass is 16.3. The summed E-state index contributed by atoms with van der Waals surface area (Å²) < 4.78 is 0. The third kappa shape index (κ3) is 1.82. The molecule has 1 aliphatic heterocycles. The van der Waals surface area contributed by atoms with Gasteiger partial charge in [-0.25, -0.2) is 0 Å². The van der Waals surface area contributed by atoms with Gasteiger partial charge in [0.25, 0.3) is 0 Å². The Bertz CT molecular complexity index is 193. The van der Waals surface area contributed by atoms with Crippen LogP contribution in [0, 0.1) is 5.92 Å². The van der Waals surface area contributed by atoms with Crippen molar-refractivity contribution in [2.75, 3.05) is 6.54 Å². The fourth-order valence-electron chi connectivity index (χ4n) is 3.28. The number of hydrogen-bond acceptors (Lipinski definition) is 2. The summed E-state index contributed by atoms with van der Waals surface area (Å²) in [5.74, 6) is 0.935. The molecule has 1 saturated heterocycles. The van der Waals surface area contributed by atoms with Crippen molar-refractivity contribution in [3.8, 4) is 0 Å². The molecule has 14 heavy (non-hydrogen) atoms. The van der Waals surface area contributed by atoms with Crippen LogP contribution in [0.25, 0.3) is 0 Å². The lowest BCUT2D eigenvalue weighted by atomic mass is 9.90. The van der Waals surface area contributed by atoms with Gasteiger partial charge >= 0.3 is 0 Å². The summed E-state index contributed by atoms with van der Waals surface area (Å²) in [7, 11) is 0. The number of likely N-dealkylation sites (tertiary alicyclic amines) is 1. The highest BCUT2D eigenvalue weighted by Crippen LogP contribution is 2.37. The highest BCUT2D eigenvalue weighted by molar-refractivity contribution is 4.92. The Kier molecular flexibility index (Phi) is 3.13. The Morgan fingerprint density at radius 1 is 1.14 bits per heavy atom. The molecule has 2 rings (SSSR count). The molecule has 82 valence electrons. The molecule has 0 amide bonds. The molecule has 1 aliphatic carbocycles. The van der Waals surface area contributed by atoms with Gasteiger partial charge in [-0.1, -0.05) is 6.42 Å². The zero-order chi connectivity index (χ0) is 10.1. The van der Waals surface area contributed by atoms with Crippen molar-refractivity contribution in [3.63, 3.8) is 0 Å². The van der Waals surface area contributed by atoms with Crippen LogP contribution in [0.5, 0.6) is 0 Å². The lowest BCUT2D eigenvalue weighted by Gasteiger charge is -2.42. The number of piperidine rings is 1. The molecule has 2 aliphatic rings. The Morgan fingerprint density at radius 2 is 1.86 bits per heavy atom. The van der Waals surface area contributed by atoms with Gasteiger partial charge in [-0.3, -0.25) is 4.90 Å². The molecule has 2 nitrogen and oxygen atoms in total. The number of aliphatic hydroxyl groups excluding tert-OH is 1. The van der Waals surface area contributed by atoms with Crippen molar-refractivity contribution in [2.45, 2.75) is 64.1 Å². The van der Waals surface area contributed by atoms with E-state index in [2.05, 4.69) is 11.8 Å². The van der Waals surface area contributed by atoms with Gasteiger partial charge in [0.05, 0.1) is 6.10 Å². The van der Waals surface area contributed by atoms with Crippen LogP contribution in [-0.4, -0.2) is 34.7 Å². The summed E-state index contributed by atoms with van der Waals surface area (Å²) in [5, 5.41) is 9.65. The normalized spacial score (nSPS) is 37.9. The van der Waals surface area contributed by atoms with Gasteiger partial charge in [0.2, 0.25) is 0 Å². The molecule has 0 spiro atoms. The maximum Gasteiger partial charge on any atom is 0.0664 e. The van der Waals surface area contributed by atoms with E-state index in [1.807, 2.05) is 6.92 Å². The van der Waals surface area contributed by atoms with Crippen molar-refractivity contribution >= 4 is 0 Å². The van der Waals surface area contributed by atoms with Crippen LogP contribution in [0.4, 0.5) is 0 Å². The number of nitrogens with zero attached hydrogens (tertiary/aromatic N) is 1. The molecule has 0 bridgehead atoms. The molecule has 2 heteroatoms. The first-order valence-electron chi connectivity index (χ1n) is 6.14. The first-order chi connectivity index (χ1) is 6.70. The van der Waals surface area contributed by atoms with E-state index < -0.39 is 0 Å². The van der Waals surface area contributed by atoms with Crippen LogP contribution in [0.15, 0.2) is 0 Å². The van der Waals surface area contributed by atoms with Crippen molar-refractivity contribution in [3.05, 3.63) is 0 Å². The summed E-state index contributed by atoms with van der Waals surface area (Å²) in [4.78, 5) is 2.56. The van der Waals surface area contributed by atoms with E-state index in [0.717, 1.165) is 12.0 Å². The van der Waals surface area contributed by atoms with Gasteiger partial charge in [-0.2, -0.15) is 0 Å². The van der Waals surface area contributed by atoms with E-state index in [4.69, 9.17) is 0 Å². The van der Waals surface area contributed by atoms with Gasteiger partial charge in [-0.15, -0.1) is 0 Å². The number of fused-ring (bicyclic) bond motifs is 1. The molecule has 1 N–H and O–H groups in total. The summed E-state index contributed by atoms with van der Waals surface area (Å²) in [6.07, 6.45) is 6.76. The van der Waals surface area contributed by atoms with Gasteiger partial charge in [0, 0.05) is 12.1 Å². The first kappa shape index (κ1) is 10.4. The zero-order valence-corrected chi connectivity index (χ0v) is 9.45. The third-order valence-electron chi connectivity index (χ3n) is 4.26. The fourth-order valence-corrected chi connectivity index (χ4v) is 3.28. The van der Waals surface area contributed by atoms with Crippen LogP contribution in [-0.2, 0) is 0 Å². The molecule has 2 fully saturated rings. The molecule has 0 aromatic rings. The van der Waals surface area contributed by atoms with E-state index in [-0.39, 0.29) is 6.10 Å². The molecule has 0 radical (unpaired) electrons. The largest absolute Gasteiger partial charge is 0.392 e. The monoisotopic (exact) mass is 197 g/mol. The molecule has 1 saturated carbocycles. The van der Waals surface area contributed by atoms with E-state index in [9.17, 15) is 5.11 Å². The Balaban J connectivity index is 2.02. The van der Waals surface area contributed by atoms with E-state index in [1.165, 1.54) is 38.6 Å². The predicted molar refractivity (Wildman–Crippen MR) is 58.2 cm³/mol. The SMILES string of the molecule is CC(O)C(C)N1CCCC2CCCC21. The van der Waals surface area contributed by atoms with E-state index >= 15 is 0 Å². The smallest absolute Gasteiger partial charge is 0.0664 e. The standard InChI is InChI=1S/C12H23NO/c1-9(10(2)14)13-8-4-6-11-5-3-7-12(11)13/h9-12,14H,3-8H2,1-2H3. The Labute approximate surface area is 87.3 Å². The van der Waals surface area contributed by atoms with E-state index in [1.54, 1.807) is 0 Å². The summed E-state index contributed by atoms with van der Waals surface area (Å²) in [6.45, 7) is 5.29. The van der Waals surface area contributed by atoms with Gasteiger partial charge in [0.1, 0.15) is 0 Å². The second kappa shape index (κ2) is 4.19. The van der Waals surface area contributed by atoms with Crippen molar-refractivity contribution < 1.29 is 5.11 Å². The van der Waals surface area contributed by atoms with Gasteiger partial charge in [0.15, 0.2) is 0 Å². The summed E-state index contributed by atoms with van der Waals surface area (Å²) >= 11 is 0. The Morgan fingerprint density at radius 3 is 2.57 bits per heavy atom.